The van der Waals surface area contributed by atoms with E-state index in [-0.39, 0.29) is 11.7 Å². The van der Waals surface area contributed by atoms with Crippen molar-refractivity contribution in [2.75, 3.05) is 39.3 Å². The number of hydrogen-bond acceptors (Lipinski definition) is 4. The molecule has 114 valence electrons. The summed E-state index contributed by atoms with van der Waals surface area (Å²) < 4.78 is 19.4. The van der Waals surface area contributed by atoms with Gasteiger partial charge in [-0.05, 0) is 30.7 Å². The molecule has 0 amide bonds. The number of morpholine rings is 1. The normalized spacial score (nSPS) is 19.4. The highest BCUT2D eigenvalue weighted by molar-refractivity contribution is 5.44. The lowest BCUT2D eigenvalue weighted by atomic mass is 9.97. The molecule has 0 aromatic heterocycles. The van der Waals surface area contributed by atoms with Crippen LogP contribution in [-0.2, 0) is 4.74 Å². The van der Waals surface area contributed by atoms with Crippen molar-refractivity contribution in [1.29, 1.82) is 5.26 Å². The highest BCUT2D eigenvalue weighted by Gasteiger charge is 2.24. The fourth-order valence-corrected chi connectivity index (χ4v) is 2.69. The second-order valence-electron chi connectivity index (χ2n) is 5.26. The minimum absolute atomic E-state index is 0.0897. The molecule has 1 aliphatic heterocycles. The SMILES string of the molecule is CCNCCN1CCO[C@H](c2ccc(F)c(C#N)c2C)C1. The average Bonchev–Trinajstić information content (AvgIpc) is 2.48. The molecule has 1 saturated heterocycles. The van der Waals surface area contributed by atoms with Crippen molar-refractivity contribution in [2.45, 2.75) is 20.0 Å². The van der Waals surface area contributed by atoms with Gasteiger partial charge in [0, 0.05) is 26.2 Å². The second kappa shape index (κ2) is 7.51. The van der Waals surface area contributed by atoms with Gasteiger partial charge in [0.05, 0.1) is 18.3 Å². The molecule has 5 heteroatoms. The summed E-state index contributed by atoms with van der Waals surface area (Å²) in [4.78, 5) is 2.34. The molecular formula is C16H22FN3O. The van der Waals surface area contributed by atoms with Gasteiger partial charge >= 0.3 is 0 Å². The topological polar surface area (TPSA) is 48.3 Å². The lowest BCUT2D eigenvalue weighted by Gasteiger charge is -2.34. The number of rotatable bonds is 5. The number of nitriles is 1. The zero-order valence-electron chi connectivity index (χ0n) is 12.7. The third-order valence-corrected chi connectivity index (χ3v) is 3.92. The van der Waals surface area contributed by atoms with E-state index >= 15 is 0 Å². The van der Waals surface area contributed by atoms with Crippen LogP contribution < -0.4 is 5.32 Å². The number of nitrogens with zero attached hydrogens (tertiary/aromatic N) is 2. The van der Waals surface area contributed by atoms with Gasteiger partial charge in [-0.3, -0.25) is 4.90 Å². The Bertz CT molecular complexity index is 527. The van der Waals surface area contributed by atoms with Crippen LogP contribution in [0.2, 0.25) is 0 Å². The molecule has 1 atom stereocenters. The fourth-order valence-electron chi connectivity index (χ4n) is 2.69. The van der Waals surface area contributed by atoms with Gasteiger partial charge < -0.3 is 10.1 Å². The molecule has 1 aromatic rings. The van der Waals surface area contributed by atoms with Crippen LogP contribution in [0.3, 0.4) is 0 Å². The Morgan fingerprint density at radius 2 is 2.33 bits per heavy atom. The Balaban J connectivity index is 2.09. The molecule has 0 saturated carbocycles. The number of likely N-dealkylation sites (N-methyl/N-ethyl adjacent to an activating group) is 1. The van der Waals surface area contributed by atoms with Crippen LogP contribution in [0.15, 0.2) is 12.1 Å². The number of nitrogens with one attached hydrogen (secondary N) is 1. The molecule has 0 unspecified atom stereocenters. The van der Waals surface area contributed by atoms with E-state index in [0.717, 1.165) is 38.3 Å². The van der Waals surface area contributed by atoms with Gasteiger partial charge in [0.1, 0.15) is 11.9 Å². The number of benzene rings is 1. The number of halogens is 1. The van der Waals surface area contributed by atoms with Gasteiger partial charge in [0.15, 0.2) is 0 Å². The summed E-state index contributed by atoms with van der Waals surface area (Å²) in [6.45, 7) is 9.13. The molecule has 1 fully saturated rings. The van der Waals surface area contributed by atoms with Crippen LogP contribution in [-0.4, -0.2) is 44.2 Å². The van der Waals surface area contributed by atoms with Crippen molar-refractivity contribution in [2.24, 2.45) is 0 Å². The maximum atomic E-state index is 13.6. The third kappa shape index (κ3) is 3.79. The summed E-state index contributed by atoms with van der Waals surface area (Å²) >= 11 is 0. The summed E-state index contributed by atoms with van der Waals surface area (Å²) in [5.41, 5.74) is 1.73. The van der Waals surface area contributed by atoms with Gasteiger partial charge in [-0.2, -0.15) is 5.26 Å². The van der Waals surface area contributed by atoms with Gasteiger partial charge in [0.25, 0.3) is 0 Å². The lowest BCUT2D eigenvalue weighted by molar-refractivity contribution is -0.0297. The summed E-state index contributed by atoms with van der Waals surface area (Å²) in [7, 11) is 0. The Morgan fingerprint density at radius 3 is 3.05 bits per heavy atom. The molecule has 21 heavy (non-hydrogen) atoms. The highest BCUT2D eigenvalue weighted by atomic mass is 19.1. The molecule has 0 spiro atoms. The van der Waals surface area contributed by atoms with E-state index in [1.165, 1.54) is 6.07 Å². The van der Waals surface area contributed by atoms with Crippen molar-refractivity contribution >= 4 is 0 Å². The van der Waals surface area contributed by atoms with E-state index < -0.39 is 5.82 Å². The van der Waals surface area contributed by atoms with Crippen molar-refractivity contribution in [3.05, 3.63) is 34.6 Å². The van der Waals surface area contributed by atoms with E-state index in [4.69, 9.17) is 10.00 Å². The zero-order valence-corrected chi connectivity index (χ0v) is 12.7. The smallest absolute Gasteiger partial charge is 0.141 e. The van der Waals surface area contributed by atoms with Gasteiger partial charge in [-0.15, -0.1) is 0 Å². The van der Waals surface area contributed by atoms with Crippen LogP contribution in [0.4, 0.5) is 4.39 Å². The first kappa shape index (κ1) is 15.9. The van der Waals surface area contributed by atoms with Crippen molar-refractivity contribution in [3.63, 3.8) is 0 Å². The Hall–Kier alpha value is -1.48. The first-order chi connectivity index (χ1) is 10.2. The predicted molar refractivity (Wildman–Crippen MR) is 79.5 cm³/mol. The van der Waals surface area contributed by atoms with E-state index in [9.17, 15) is 4.39 Å². The van der Waals surface area contributed by atoms with E-state index in [1.807, 2.05) is 6.07 Å². The molecular weight excluding hydrogens is 269 g/mol. The Morgan fingerprint density at radius 1 is 1.52 bits per heavy atom. The third-order valence-electron chi connectivity index (χ3n) is 3.92. The highest BCUT2D eigenvalue weighted by Crippen LogP contribution is 2.27. The van der Waals surface area contributed by atoms with Crippen LogP contribution in [0.25, 0.3) is 0 Å². The molecule has 1 N–H and O–H groups in total. The maximum absolute atomic E-state index is 13.6. The Labute approximate surface area is 125 Å². The molecule has 0 aliphatic carbocycles. The standard InChI is InChI=1S/C16H22FN3O/c1-3-19-6-7-20-8-9-21-16(11-20)13-4-5-15(17)14(10-18)12(13)2/h4-5,16,19H,3,6-9,11H2,1-2H3/t16-/m0/s1. The monoisotopic (exact) mass is 291 g/mol. The summed E-state index contributed by atoms with van der Waals surface area (Å²) in [5.74, 6) is -0.460. The first-order valence-electron chi connectivity index (χ1n) is 7.41. The minimum atomic E-state index is -0.460. The molecule has 1 aromatic carbocycles. The molecule has 0 bridgehead atoms. The van der Waals surface area contributed by atoms with Crippen molar-refractivity contribution in [1.82, 2.24) is 10.2 Å². The van der Waals surface area contributed by atoms with Crippen molar-refractivity contribution in [3.8, 4) is 6.07 Å². The minimum Gasteiger partial charge on any atom is -0.371 e. The summed E-state index contributed by atoms with van der Waals surface area (Å²) in [6.07, 6.45) is -0.0897. The fraction of sp³-hybridized carbons (Fsp3) is 0.562. The molecule has 1 heterocycles. The molecule has 1 aliphatic rings. The quantitative estimate of drug-likeness (QED) is 0.843. The number of ether oxygens (including phenoxy) is 1. The maximum Gasteiger partial charge on any atom is 0.141 e. The van der Waals surface area contributed by atoms with Gasteiger partial charge in [-0.1, -0.05) is 13.0 Å². The van der Waals surface area contributed by atoms with Crippen LogP contribution in [0.1, 0.15) is 29.7 Å². The van der Waals surface area contributed by atoms with Crippen molar-refractivity contribution < 1.29 is 9.13 Å². The second-order valence-corrected chi connectivity index (χ2v) is 5.26. The molecule has 2 rings (SSSR count). The largest absolute Gasteiger partial charge is 0.371 e. The van der Waals surface area contributed by atoms with E-state index in [0.29, 0.717) is 12.2 Å². The van der Waals surface area contributed by atoms with Crippen LogP contribution in [0.5, 0.6) is 0 Å². The van der Waals surface area contributed by atoms with E-state index in [2.05, 4.69) is 17.1 Å². The number of hydrogen-bond donors (Lipinski definition) is 1. The first-order valence-corrected chi connectivity index (χ1v) is 7.41. The average molecular weight is 291 g/mol. The van der Waals surface area contributed by atoms with Gasteiger partial charge in [-0.25, -0.2) is 4.39 Å². The summed E-state index contributed by atoms with van der Waals surface area (Å²) in [5, 5.41) is 12.4. The predicted octanol–water partition coefficient (Wildman–Crippen LogP) is 1.99. The van der Waals surface area contributed by atoms with Crippen LogP contribution >= 0.6 is 0 Å². The molecule has 0 radical (unpaired) electrons. The van der Waals surface area contributed by atoms with E-state index in [1.54, 1.807) is 13.0 Å². The zero-order chi connectivity index (χ0) is 15.2. The summed E-state index contributed by atoms with van der Waals surface area (Å²) in [6, 6.07) is 5.04. The lowest BCUT2D eigenvalue weighted by Crippen LogP contribution is -2.41. The van der Waals surface area contributed by atoms with Gasteiger partial charge in [0.2, 0.25) is 0 Å². The molecule has 4 nitrogen and oxygen atoms in total. The Kier molecular flexibility index (Phi) is 5.68. The van der Waals surface area contributed by atoms with Crippen LogP contribution in [0, 0.1) is 24.1 Å².